The Hall–Kier alpha value is -4.75. The Labute approximate surface area is 233 Å². The van der Waals surface area contributed by atoms with Gasteiger partial charge in [0.25, 0.3) is 5.56 Å². The zero-order chi connectivity index (χ0) is 27.4. The molecule has 0 amide bonds. The molecule has 0 saturated carbocycles. The van der Waals surface area contributed by atoms with Crippen molar-refractivity contribution in [2.45, 2.75) is 25.8 Å². The van der Waals surface area contributed by atoms with Gasteiger partial charge in [0.1, 0.15) is 11.5 Å². The summed E-state index contributed by atoms with van der Waals surface area (Å²) < 4.78 is 8.45. The fourth-order valence-corrected chi connectivity index (χ4v) is 6.66. The van der Waals surface area contributed by atoms with Crippen LogP contribution in [-0.4, -0.2) is 15.6 Å². The quantitative estimate of drug-likeness (QED) is 0.320. The van der Waals surface area contributed by atoms with E-state index in [2.05, 4.69) is 30.3 Å². The van der Waals surface area contributed by atoms with Gasteiger partial charge >= 0.3 is 5.97 Å². The molecule has 2 aliphatic rings. The first-order valence-corrected chi connectivity index (χ1v) is 13.9. The van der Waals surface area contributed by atoms with Gasteiger partial charge in [0.15, 0.2) is 4.80 Å². The molecule has 1 aliphatic heterocycles. The minimum atomic E-state index is -0.993. The second-order valence-electron chi connectivity index (χ2n) is 10.1. The van der Waals surface area contributed by atoms with E-state index in [0.29, 0.717) is 26.4 Å². The number of aromatic nitrogens is 1. The van der Waals surface area contributed by atoms with Gasteiger partial charge < -0.3 is 9.52 Å². The topological polar surface area (TPSA) is 84.8 Å². The van der Waals surface area contributed by atoms with Crippen molar-refractivity contribution >= 4 is 29.1 Å². The second kappa shape index (κ2) is 9.47. The molecule has 0 spiro atoms. The molecule has 0 bridgehead atoms. The van der Waals surface area contributed by atoms with Crippen LogP contribution in [-0.2, 0) is 6.42 Å². The van der Waals surface area contributed by atoms with Crippen molar-refractivity contribution in [2.75, 3.05) is 0 Å². The van der Waals surface area contributed by atoms with Crippen LogP contribution in [0.4, 0.5) is 0 Å². The summed E-state index contributed by atoms with van der Waals surface area (Å²) >= 11 is 1.36. The molecule has 5 aromatic rings. The third kappa shape index (κ3) is 3.98. The zero-order valence-electron chi connectivity index (χ0n) is 21.6. The van der Waals surface area contributed by atoms with Crippen molar-refractivity contribution in [2.24, 2.45) is 4.99 Å². The van der Waals surface area contributed by atoms with Gasteiger partial charge in [-0.3, -0.25) is 9.36 Å². The molecule has 3 heterocycles. The standard InChI is InChI=1S/C33H24N2O4S/c1-19-11-12-22(32(37)38)17-26(19)27-16-14-23(39-27)18-28-31(36)35-30(21-8-3-2-4-9-21)25-15-13-20-7-5-6-10-24(20)29(25)34-33(35)40-28/h2-12,14,16-18,30H,13,15H2,1H3,(H,37,38)/b28-18+. The molecule has 1 N–H and O–H groups in total. The molecule has 3 aromatic carbocycles. The van der Waals surface area contributed by atoms with Gasteiger partial charge in [-0.2, -0.15) is 0 Å². The van der Waals surface area contributed by atoms with Crippen molar-refractivity contribution in [3.05, 3.63) is 144 Å². The molecule has 7 rings (SSSR count). The molecule has 1 unspecified atom stereocenters. The zero-order valence-corrected chi connectivity index (χ0v) is 22.4. The summed E-state index contributed by atoms with van der Waals surface area (Å²) in [7, 11) is 0. The van der Waals surface area contributed by atoms with Crippen molar-refractivity contribution in [3.8, 4) is 11.3 Å². The first kappa shape index (κ1) is 24.3. The molecule has 0 saturated heterocycles. The van der Waals surface area contributed by atoms with E-state index in [1.807, 2.05) is 35.8 Å². The van der Waals surface area contributed by atoms with Crippen LogP contribution in [0, 0.1) is 6.92 Å². The van der Waals surface area contributed by atoms with Crippen LogP contribution in [0.1, 0.15) is 50.8 Å². The van der Waals surface area contributed by atoms with E-state index >= 15 is 0 Å². The molecule has 7 heteroatoms. The third-order valence-corrected chi connectivity index (χ3v) is 8.62. The fraction of sp³-hybridized carbons (Fsp3) is 0.121. The lowest BCUT2D eigenvalue weighted by molar-refractivity contribution is 0.0697. The van der Waals surface area contributed by atoms with E-state index < -0.39 is 5.97 Å². The number of rotatable bonds is 4. The molecule has 40 heavy (non-hydrogen) atoms. The molecule has 2 aromatic heterocycles. The van der Waals surface area contributed by atoms with Gasteiger partial charge in [-0.1, -0.05) is 72.0 Å². The normalized spacial score (nSPS) is 16.2. The predicted octanol–water partition coefficient (Wildman–Crippen LogP) is 5.59. The van der Waals surface area contributed by atoms with Crippen molar-refractivity contribution in [1.29, 1.82) is 0 Å². The first-order valence-electron chi connectivity index (χ1n) is 13.1. The van der Waals surface area contributed by atoms with Crippen LogP contribution in [0.5, 0.6) is 0 Å². The number of nitrogens with zero attached hydrogens (tertiary/aromatic N) is 2. The number of carboxylic acids is 1. The van der Waals surface area contributed by atoms with Crippen LogP contribution in [0.25, 0.3) is 23.1 Å². The Kier molecular flexibility index (Phi) is 5.75. The Morgan fingerprint density at radius 1 is 1.00 bits per heavy atom. The van der Waals surface area contributed by atoms with Crippen molar-refractivity contribution in [3.63, 3.8) is 0 Å². The number of furan rings is 1. The van der Waals surface area contributed by atoms with Gasteiger partial charge in [-0.05, 0) is 66.3 Å². The molecular weight excluding hydrogens is 520 g/mol. The maximum Gasteiger partial charge on any atom is 0.335 e. The maximum atomic E-state index is 13.9. The van der Waals surface area contributed by atoms with Crippen molar-refractivity contribution < 1.29 is 14.3 Å². The molecule has 196 valence electrons. The van der Waals surface area contributed by atoms with Crippen LogP contribution in [0.2, 0.25) is 0 Å². The molecule has 0 radical (unpaired) electrons. The first-order chi connectivity index (χ1) is 19.5. The van der Waals surface area contributed by atoms with Gasteiger partial charge in [0, 0.05) is 17.2 Å². The maximum absolute atomic E-state index is 13.9. The Bertz CT molecular complexity index is 2030. The van der Waals surface area contributed by atoms with Gasteiger partial charge in [-0.15, -0.1) is 0 Å². The molecule has 0 fully saturated rings. The summed E-state index contributed by atoms with van der Waals surface area (Å²) in [5, 5.41) is 9.41. The number of benzene rings is 3. The average Bonchev–Trinajstić information content (AvgIpc) is 3.56. The number of hydrogen-bond donors (Lipinski definition) is 1. The molecule has 1 aliphatic carbocycles. The van der Waals surface area contributed by atoms with E-state index in [9.17, 15) is 14.7 Å². The number of allylic oxidation sites excluding steroid dienone is 1. The number of aromatic carboxylic acids is 1. The lowest BCUT2D eigenvalue weighted by atomic mass is 9.83. The van der Waals surface area contributed by atoms with E-state index in [-0.39, 0.29) is 17.2 Å². The van der Waals surface area contributed by atoms with Gasteiger partial charge in [0.05, 0.1) is 21.8 Å². The number of carboxylic acid groups (broad SMARTS) is 1. The highest BCUT2D eigenvalue weighted by atomic mass is 32.1. The van der Waals surface area contributed by atoms with Crippen LogP contribution in [0.15, 0.2) is 105 Å². The van der Waals surface area contributed by atoms with Gasteiger partial charge in [-0.25, -0.2) is 9.79 Å². The smallest absolute Gasteiger partial charge is 0.335 e. The Balaban J connectivity index is 1.38. The second-order valence-corrected chi connectivity index (χ2v) is 11.1. The monoisotopic (exact) mass is 544 g/mol. The molecule has 1 atom stereocenters. The largest absolute Gasteiger partial charge is 0.478 e. The highest BCUT2D eigenvalue weighted by Crippen LogP contribution is 2.41. The SMILES string of the molecule is Cc1ccc(C(=O)O)cc1-c1ccc(/C=c2/sc3n(c2=O)C(c2ccccc2)C2=C(N=3)c3ccccc3CC2)o1. The van der Waals surface area contributed by atoms with Crippen molar-refractivity contribution in [1.82, 2.24) is 4.57 Å². The highest BCUT2D eigenvalue weighted by Gasteiger charge is 2.32. The van der Waals surface area contributed by atoms with E-state index in [1.165, 1.54) is 16.9 Å². The summed E-state index contributed by atoms with van der Waals surface area (Å²) in [6.07, 6.45) is 3.51. The number of hydrogen-bond acceptors (Lipinski definition) is 5. The minimum Gasteiger partial charge on any atom is -0.478 e. The van der Waals surface area contributed by atoms with E-state index in [0.717, 1.165) is 40.8 Å². The Morgan fingerprint density at radius 2 is 1.80 bits per heavy atom. The number of thiazole rings is 1. The van der Waals surface area contributed by atoms with Crippen LogP contribution >= 0.6 is 11.3 Å². The van der Waals surface area contributed by atoms with Crippen LogP contribution < -0.4 is 14.9 Å². The summed E-state index contributed by atoms with van der Waals surface area (Å²) in [5.41, 5.74) is 7.30. The predicted molar refractivity (Wildman–Crippen MR) is 155 cm³/mol. The average molecular weight is 545 g/mol. The van der Waals surface area contributed by atoms with Gasteiger partial charge in [0.2, 0.25) is 0 Å². The lowest BCUT2D eigenvalue weighted by Gasteiger charge is -2.30. The lowest BCUT2D eigenvalue weighted by Crippen LogP contribution is -2.38. The Morgan fingerprint density at radius 3 is 2.62 bits per heavy atom. The number of aryl methyl sites for hydroxylation is 2. The minimum absolute atomic E-state index is 0.106. The third-order valence-electron chi connectivity index (χ3n) is 7.64. The number of fused-ring (bicyclic) bond motifs is 3. The summed E-state index contributed by atoms with van der Waals surface area (Å²) in [5.74, 6) is 0.0760. The highest BCUT2D eigenvalue weighted by molar-refractivity contribution is 7.07. The summed E-state index contributed by atoms with van der Waals surface area (Å²) in [6.45, 7) is 1.91. The summed E-state index contributed by atoms with van der Waals surface area (Å²) in [6, 6.07) is 26.9. The summed E-state index contributed by atoms with van der Waals surface area (Å²) in [4.78, 5) is 31.1. The number of carbonyl (C=O) groups is 1. The molecule has 6 nitrogen and oxygen atoms in total. The fourth-order valence-electron chi connectivity index (χ4n) is 5.68. The van der Waals surface area contributed by atoms with E-state index in [1.54, 1.807) is 36.4 Å². The molecular formula is C33H24N2O4S. The van der Waals surface area contributed by atoms with E-state index in [4.69, 9.17) is 9.41 Å². The van der Waals surface area contributed by atoms with Crippen LogP contribution in [0.3, 0.4) is 0 Å².